The molecule has 0 bridgehead atoms. The summed E-state index contributed by atoms with van der Waals surface area (Å²) in [7, 11) is 0. The summed E-state index contributed by atoms with van der Waals surface area (Å²) in [5, 5.41) is 12.6. The van der Waals surface area contributed by atoms with Crippen LogP contribution in [-0.2, 0) is 17.9 Å². The van der Waals surface area contributed by atoms with Crippen molar-refractivity contribution in [3.8, 4) is 5.75 Å². The van der Waals surface area contributed by atoms with Crippen molar-refractivity contribution in [2.24, 2.45) is 0 Å². The summed E-state index contributed by atoms with van der Waals surface area (Å²) in [6.45, 7) is 2.43. The summed E-state index contributed by atoms with van der Waals surface area (Å²) in [6.07, 6.45) is 0. The minimum atomic E-state index is -0.886. The first-order valence-corrected chi connectivity index (χ1v) is 8.24. The molecule has 0 spiro atoms. The fraction of sp³-hybridized carbons (Fsp3) is 0.235. The van der Waals surface area contributed by atoms with Crippen molar-refractivity contribution in [3.05, 3.63) is 63.1 Å². The van der Waals surface area contributed by atoms with Gasteiger partial charge in [-0.15, -0.1) is 0 Å². The maximum absolute atomic E-state index is 10.9. The van der Waals surface area contributed by atoms with Crippen LogP contribution in [-0.4, -0.2) is 17.1 Å². The van der Waals surface area contributed by atoms with E-state index < -0.39 is 12.0 Å². The molecule has 0 heterocycles. The number of ether oxygens (including phenoxy) is 1. The zero-order chi connectivity index (χ0) is 16.8. The second-order valence-corrected chi connectivity index (χ2v) is 6.46. The quantitative estimate of drug-likeness (QED) is 0.732. The Balaban J connectivity index is 2.05. The number of carboxylic acid groups (broad SMARTS) is 1. The van der Waals surface area contributed by atoms with Gasteiger partial charge in [-0.1, -0.05) is 39.7 Å². The predicted molar refractivity (Wildman–Crippen MR) is 93.9 cm³/mol. The van der Waals surface area contributed by atoms with Crippen molar-refractivity contribution in [1.29, 1.82) is 0 Å². The van der Waals surface area contributed by atoms with Crippen molar-refractivity contribution < 1.29 is 14.6 Å². The van der Waals surface area contributed by atoms with Crippen LogP contribution in [0.5, 0.6) is 5.75 Å². The lowest BCUT2D eigenvalue weighted by molar-refractivity contribution is -0.139. The highest BCUT2D eigenvalue weighted by atomic mass is 79.9. The zero-order valence-electron chi connectivity index (χ0n) is 12.6. The van der Waals surface area contributed by atoms with Crippen LogP contribution in [0.25, 0.3) is 0 Å². The van der Waals surface area contributed by atoms with Gasteiger partial charge in [-0.05, 0) is 42.8 Å². The molecular weight excluding hydrogens is 382 g/mol. The van der Waals surface area contributed by atoms with E-state index in [4.69, 9.17) is 21.4 Å². The van der Waals surface area contributed by atoms with Crippen molar-refractivity contribution >= 4 is 33.5 Å². The third kappa shape index (κ3) is 5.53. The highest BCUT2D eigenvalue weighted by molar-refractivity contribution is 9.10. The van der Waals surface area contributed by atoms with Gasteiger partial charge in [0.05, 0.1) is 0 Å². The molecule has 2 aromatic rings. The lowest BCUT2D eigenvalue weighted by Gasteiger charge is -2.14. The Labute approximate surface area is 148 Å². The molecule has 122 valence electrons. The minimum absolute atomic E-state index is 0.406. The number of carbonyl (C=O) groups is 1. The van der Waals surface area contributed by atoms with Crippen LogP contribution in [0.4, 0.5) is 0 Å². The third-order valence-electron chi connectivity index (χ3n) is 3.30. The molecular formula is C17H17BrClNO3. The van der Waals surface area contributed by atoms with E-state index in [9.17, 15) is 4.79 Å². The Morgan fingerprint density at radius 3 is 2.65 bits per heavy atom. The van der Waals surface area contributed by atoms with Gasteiger partial charge in [-0.2, -0.15) is 0 Å². The third-order valence-corrected chi connectivity index (χ3v) is 4.04. The summed E-state index contributed by atoms with van der Waals surface area (Å²) >= 11 is 9.29. The van der Waals surface area contributed by atoms with Crippen molar-refractivity contribution in [2.45, 2.75) is 26.1 Å². The molecule has 4 nitrogen and oxygen atoms in total. The number of aliphatic carboxylic acids is 1. The van der Waals surface area contributed by atoms with Gasteiger partial charge >= 0.3 is 5.97 Å². The normalized spacial score (nSPS) is 12.0. The van der Waals surface area contributed by atoms with E-state index in [-0.39, 0.29) is 0 Å². The molecule has 0 saturated carbocycles. The molecule has 0 aliphatic rings. The van der Waals surface area contributed by atoms with Gasteiger partial charge in [0.2, 0.25) is 0 Å². The molecule has 0 aromatic heterocycles. The highest BCUT2D eigenvalue weighted by Crippen LogP contribution is 2.24. The van der Waals surface area contributed by atoms with E-state index in [1.165, 1.54) is 0 Å². The second-order valence-electron chi connectivity index (χ2n) is 5.11. The summed E-state index contributed by atoms with van der Waals surface area (Å²) < 4.78 is 6.77. The molecule has 0 aliphatic heterocycles. The number of hydrogen-bond donors (Lipinski definition) is 2. The smallest absolute Gasteiger partial charge is 0.320 e. The number of hydrogen-bond acceptors (Lipinski definition) is 3. The lowest BCUT2D eigenvalue weighted by Crippen LogP contribution is -2.33. The molecule has 0 aliphatic carbocycles. The first-order valence-electron chi connectivity index (χ1n) is 7.07. The van der Waals surface area contributed by atoms with Crippen LogP contribution in [0.2, 0.25) is 5.02 Å². The predicted octanol–water partition coefficient (Wildman–Crippen LogP) is 4.24. The fourth-order valence-electron chi connectivity index (χ4n) is 1.92. The van der Waals surface area contributed by atoms with E-state index in [2.05, 4.69) is 21.2 Å². The summed E-state index contributed by atoms with van der Waals surface area (Å²) in [5.41, 5.74) is 1.90. The maximum Gasteiger partial charge on any atom is 0.320 e. The second kappa shape index (κ2) is 8.34. The Morgan fingerprint density at radius 2 is 2.00 bits per heavy atom. The Bertz CT molecular complexity index is 676. The van der Waals surface area contributed by atoms with Crippen LogP contribution in [0.15, 0.2) is 46.9 Å². The standard InChI is InChI=1S/C17H17BrClNO3/c1-11(17(21)22)20-9-13-8-14(18)4-7-16(13)23-10-12-2-5-15(19)6-3-12/h2-8,11,20H,9-10H2,1H3,(H,21,22). The zero-order valence-corrected chi connectivity index (χ0v) is 14.9. The average Bonchev–Trinajstić information content (AvgIpc) is 2.53. The van der Waals surface area contributed by atoms with Gasteiger partial charge in [0.25, 0.3) is 0 Å². The lowest BCUT2D eigenvalue weighted by atomic mass is 10.2. The van der Waals surface area contributed by atoms with E-state index in [0.717, 1.165) is 15.6 Å². The van der Waals surface area contributed by atoms with Crippen LogP contribution in [0, 0.1) is 0 Å². The molecule has 2 rings (SSSR count). The SMILES string of the molecule is CC(NCc1cc(Br)ccc1OCc1ccc(Cl)cc1)C(=O)O. The largest absolute Gasteiger partial charge is 0.489 e. The van der Waals surface area contributed by atoms with E-state index in [1.807, 2.05) is 42.5 Å². The van der Waals surface area contributed by atoms with Crippen LogP contribution in [0.1, 0.15) is 18.1 Å². The van der Waals surface area contributed by atoms with Crippen LogP contribution < -0.4 is 10.1 Å². The molecule has 6 heteroatoms. The molecule has 0 fully saturated rings. The highest BCUT2D eigenvalue weighted by Gasteiger charge is 2.12. The first kappa shape index (κ1) is 17.8. The van der Waals surface area contributed by atoms with E-state index in [1.54, 1.807) is 6.92 Å². The van der Waals surface area contributed by atoms with Gasteiger partial charge in [0.1, 0.15) is 18.4 Å². The maximum atomic E-state index is 10.9. The summed E-state index contributed by atoms with van der Waals surface area (Å²) in [6, 6.07) is 12.5. The van der Waals surface area contributed by atoms with Gasteiger partial charge in [0, 0.05) is 21.6 Å². The van der Waals surface area contributed by atoms with Crippen molar-refractivity contribution in [3.63, 3.8) is 0 Å². The topological polar surface area (TPSA) is 58.6 Å². The minimum Gasteiger partial charge on any atom is -0.489 e. The number of rotatable bonds is 7. The Morgan fingerprint density at radius 1 is 1.30 bits per heavy atom. The first-order chi connectivity index (χ1) is 11.0. The molecule has 1 atom stereocenters. The Kier molecular flexibility index (Phi) is 6.45. The molecule has 0 saturated heterocycles. The monoisotopic (exact) mass is 397 g/mol. The summed E-state index contributed by atoms with van der Waals surface area (Å²) in [4.78, 5) is 10.9. The molecule has 0 amide bonds. The van der Waals surface area contributed by atoms with Crippen LogP contribution in [0.3, 0.4) is 0 Å². The van der Waals surface area contributed by atoms with Gasteiger partial charge in [-0.3, -0.25) is 4.79 Å². The van der Waals surface area contributed by atoms with E-state index >= 15 is 0 Å². The molecule has 2 aromatic carbocycles. The number of benzene rings is 2. The number of nitrogens with one attached hydrogen (secondary N) is 1. The molecule has 2 N–H and O–H groups in total. The molecule has 1 unspecified atom stereocenters. The summed E-state index contributed by atoms with van der Waals surface area (Å²) in [5.74, 6) is -0.170. The fourth-order valence-corrected chi connectivity index (χ4v) is 2.45. The van der Waals surface area contributed by atoms with E-state index in [0.29, 0.717) is 23.9 Å². The Hall–Kier alpha value is -1.56. The van der Waals surface area contributed by atoms with Gasteiger partial charge in [0.15, 0.2) is 0 Å². The number of halogens is 2. The average molecular weight is 399 g/mol. The van der Waals surface area contributed by atoms with Gasteiger partial charge < -0.3 is 15.2 Å². The van der Waals surface area contributed by atoms with Gasteiger partial charge in [-0.25, -0.2) is 0 Å². The molecule has 23 heavy (non-hydrogen) atoms. The number of carboxylic acids is 1. The van der Waals surface area contributed by atoms with Crippen molar-refractivity contribution in [1.82, 2.24) is 5.32 Å². The van der Waals surface area contributed by atoms with Crippen molar-refractivity contribution in [2.75, 3.05) is 0 Å². The molecule has 0 radical (unpaired) electrons. The van der Waals surface area contributed by atoms with Crippen LogP contribution >= 0.6 is 27.5 Å².